The smallest absolute Gasteiger partial charge is 0.338 e. The second-order valence-corrected chi connectivity index (χ2v) is 6.98. The first-order valence-corrected chi connectivity index (χ1v) is 9.52. The normalized spacial score (nSPS) is 13.9. The van der Waals surface area contributed by atoms with E-state index in [4.69, 9.17) is 4.74 Å². The van der Waals surface area contributed by atoms with Gasteiger partial charge in [-0.2, -0.15) is 0 Å². The van der Waals surface area contributed by atoms with E-state index in [0.29, 0.717) is 17.6 Å². The number of esters is 1. The lowest BCUT2D eigenvalue weighted by Crippen LogP contribution is -2.30. The average Bonchev–Trinajstić information content (AvgIpc) is 3.33. The molecule has 1 N–H and O–H groups in total. The highest BCUT2D eigenvalue weighted by Crippen LogP contribution is 2.25. The van der Waals surface area contributed by atoms with Gasteiger partial charge < -0.3 is 10.1 Å². The number of aromatic nitrogens is 3. The number of hydrogen-bond donors (Lipinski definition) is 1. The average molecular weight is 378 g/mol. The predicted molar refractivity (Wildman–Crippen MR) is 105 cm³/mol. The number of anilines is 1. The summed E-state index contributed by atoms with van der Waals surface area (Å²) in [6.45, 7) is 4.23. The minimum atomic E-state index is -0.914. The molecule has 1 aliphatic carbocycles. The minimum Gasteiger partial charge on any atom is -0.449 e. The third-order valence-corrected chi connectivity index (χ3v) is 5.07. The summed E-state index contributed by atoms with van der Waals surface area (Å²) < 4.78 is 7.09. The van der Waals surface area contributed by atoms with Crippen LogP contribution in [-0.2, 0) is 28.9 Å². The van der Waals surface area contributed by atoms with E-state index >= 15 is 0 Å². The monoisotopic (exact) mass is 378 g/mol. The molecule has 7 nitrogen and oxygen atoms in total. The first kappa shape index (κ1) is 18.2. The molecule has 4 rings (SSSR count). The second kappa shape index (κ2) is 7.42. The number of fused-ring (bicyclic) bond motifs is 2. The maximum absolute atomic E-state index is 12.4. The molecule has 1 aromatic heterocycles. The maximum Gasteiger partial charge on any atom is 0.338 e. The Labute approximate surface area is 162 Å². The van der Waals surface area contributed by atoms with Gasteiger partial charge in [-0.25, -0.2) is 9.48 Å². The van der Waals surface area contributed by atoms with Gasteiger partial charge in [0.25, 0.3) is 5.91 Å². The number of carbonyl (C=O) groups excluding carboxylic acids is 2. The molecule has 0 radical (unpaired) electrons. The summed E-state index contributed by atoms with van der Waals surface area (Å²) in [6, 6.07) is 11.0. The Bertz CT molecular complexity index is 1060. The van der Waals surface area contributed by atoms with Crippen LogP contribution in [0.15, 0.2) is 36.4 Å². The van der Waals surface area contributed by atoms with Crippen molar-refractivity contribution in [2.45, 2.75) is 45.8 Å². The van der Waals surface area contributed by atoms with E-state index in [0.717, 1.165) is 30.5 Å². The molecule has 0 saturated heterocycles. The number of hydrogen-bond acceptors (Lipinski definition) is 5. The highest BCUT2D eigenvalue weighted by atomic mass is 16.5. The Morgan fingerprint density at radius 1 is 1.18 bits per heavy atom. The summed E-state index contributed by atoms with van der Waals surface area (Å²) in [7, 11) is 0. The van der Waals surface area contributed by atoms with Crippen LogP contribution in [0.25, 0.3) is 11.0 Å². The molecule has 0 aliphatic heterocycles. The van der Waals surface area contributed by atoms with E-state index in [1.165, 1.54) is 11.1 Å². The highest BCUT2D eigenvalue weighted by molar-refractivity contribution is 5.98. The zero-order chi connectivity index (χ0) is 19.7. The zero-order valence-electron chi connectivity index (χ0n) is 15.9. The fourth-order valence-corrected chi connectivity index (χ4v) is 3.51. The molecule has 0 spiro atoms. The number of amides is 1. The van der Waals surface area contributed by atoms with Gasteiger partial charge in [0, 0.05) is 12.2 Å². The Balaban J connectivity index is 1.41. The maximum atomic E-state index is 12.4. The SMILES string of the molecule is CCn1nnc2cc(C(=O)O[C@H](C)C(=O)Nc3ccc4c(c3)CCC4)ccc21. The first-order chi connectivity index (χ1) is 13.5. The summed E-state index contributed by atoms with van der Waals surface area (Å²) >= 11 is 0. The van der Waals surface area contributed by atoms with Crippen molar-refractivity contribution in [3.05, 3.63) is 53.1 Å². The molecule has 0 fully saturated rings. The van der Waals surface area contributed by atoms with Gasteiger partial charge in [-0.3, -0.25) is 4.79 Å². The zero-order valence-corrected chi connectivity index (χ0v) is 15.9. The van der Waals surface area contributed by atoms with Crippen LogP contribution in [0.2, 0.25) is 0 Å². The standard InChI is InChI=1S/C21H22N4O3/c1-3-25-19-10-8-16(12-18(19)23-24-25)21(27)28-13(2)20(26)22-17-9-7-14-5-4-6-15(14)11-17/h7-13H,3-6H2,1-2H3,(H,22,26)/t13-/m1/s1. The Morgan fingerprint density at radius 3 is 2.82 bits per heavy atom. The minimum absolute atomic E-state index is 0.341. The third kappa shape index (κ3) is 3.47. The first-order valence-electron chi connectivity index (χ1n) is 9.52. The van der Waals surface area contributed by atoms with Crippen molar-refractivity contribution >= 4 is 28.6 Å². The fourth-order valence-electron chi connectivity index (χ4n) is 3.51. The van der Waals surface area contributed by atoms with Crippen molar-refractivity contribution < 1.29 is 14.3 Å². The van der Waals surface area contributed by atoms with Gasteiger partial charge in [0.15, 0.2) is 6.10 Å². The molecule has 2 aromatic carbocycles. The molecule has 0 bridgehead atoms. The lowest BCUT2D eigenvalue weighted by molar-refractivity contribution is -0.123. The van der Waals surface area contributed by atoms with Crippen LogP contribution in [-0.4, -0.2) is 33.0 Å². The molecule has 0 unspecified atom stereocenters. The van der Waals surface area contributed by atoms with Gasteiger partial charge in [0.1, 0.15) is 5.52 Å². The predicted octanol–water partition coefficient (Wildman–Crippen LogP) is 3.12. The molecule has 144 valence electrons. The van der Waals surface area contributed by atoms with Gasteiger partial charge in [-0.05, 0) is 74.6 Å². The topological polar surface area (TPSA) is 86.1 Å². The molecular weight excluding hydrogens is 356 g/mol. The van der Waals surface area contributed by atoms with Crippen molar-refractivity contribution in [3.63, 3.8) is 0 Å². The van der Waals surface area contributed by atoms with E-state index < -0.39 is 12.1 Å². The van der Waals surface area contributed by atoms with Crippen LogP contribution in [0.4, 0.5) is 5.69 Å². The summed E-state index contributed by atoms with van der Waals surface area (Å²) in [5.41, 5.74) is 5.15. The molecule has 28 heavy (non-hydrogen) atoms. The lowest BCUT2D eigenvalue weighted by Gasteiger charge is -2.14. The number of nitrogens with one attached hydrogen (secondary N) is 1. The molecule has 7 heteroatoms. The van der Waals surface area contributed by atoms with Gasteiger partial charge >= 0.3 is 5.97 Å². The molecule has 1 amide bonds. The molecule has 3 aromatic rings. The fraction of sp³-hybridized carbons (Fsp3) is 0.333. The van der Waals surface area contributed by atoms with Crippen LogP contribution >= 0.6 is 0 Å². The Hall–Kier alpha value is -3.22. The van der Waals surface area contributed by atoms with E-state index in [1.54, 1.807) is 29.8 Å². The van der Waals surface area contributed by atoms with Crippen molar-refractivity contribution in [3.8, 4) is 0 Å². The number of rotatable bonds is 5. The van der Waals surface area contributed by atoms with Crippen LogP contribution in [0.3, 0.4) is 0 Å². The van der Waals surface area contributed by atoms with Gasteiger partial charge in [-0.1, -0.05) is 11.3 Å². The van der Waals surface area contributed by atoms with Crippen molar-refractivity contribution in [1.82, 2.24) is 15.0 Å². The number of ether oxygens (including phenoxy) is 1. The van der Waals surface area contributed by atoms with Crippen LogP contribution in [0, 0.1) is 0 Å². The molecule has 0 saturated carbocycles. The molecule has 1 atom stereocenters. The van der Waals surface area contributed by atoms with E-state index in [9.17, 15) is 9.59 Å². The molecular formula is C21H22N4O3. The van der Waals surface area contributed by atoms with Crippen molar-refractivity contribution in [2.24, 2.45) is 0 Å². The van der Waals surface area contributed by atoms with Gasteiger partial charge in [0.05, 0.1) is 11.1 Å². The Morgan fingerprint density at radius 2 is 2.00 bits per heavy atom. The van der Waals surface area contributed by atoms with Crippen LogP contribution < -0.4 is 5.32 Å². The van der Waals surface area contributed by atoms with Crippen LogP contribution in [0.5, 0.6) is 0 Å². The molecule has 1 aliphatic rings. The summed E-state index contributed by atoms with van der Waals surface area (Å²) in [5.74, 6) is -0.922. The number of benzene rings is 2. The number of nitrogens with zero attached hydrogens (tertiary/aromatic N) is 3. The van der Waals surface area contributed by atoms with Gasteiger partial charge in [-0.15, -0.1) is 5.10 Å². The summed E-state index contributed by atoms with van der Waals surface area (Å²) in [5, 5.41) is 10.9. The highest BCUT2D eigenvalue weighted by Gasteiger charge is 2.20. The number of aryl methyl sites for hydroxylation is 3. The van der Waals surface area contributed by atoms with Crippen molar-refractivity contribution in [2.75, 3.05) is 5.32 Å². The van der Waals surface area contributed by atoms with E-state index in [2.05, 4.69) is 15.6 Å². The number of carbonyl (C=O) groups is 2. The quantitative estimate of drug-likeness (QED) is 0.690. The third-order valence-electron chi connectivity index (χ3n) is 5.07. The summed E-state index contributed by atoms with van der Waals surface area (Å²) in [4.78, 5) is 24.8. The summed E-state index contributed by atoms with van der Waals surface area (Å²) in [6.07, 6.45) is 2.36. The Kier molecular flexibility index (Phi) is 4.81. The van der Waals surface area contributed by atoms with Crippen molar-refractivity contribution in [1.29, 1.82) is 0 Å². The van der Waals surface area contributed by atoms with Crippen LogP contribution in [0.1, 0.15) is 41.8 Å². The van der Waals surface area contributed by atoms with E-state index in [1.807, 2.05) is 25.1 Å². The molecule has 1 heterocycles. The van der Waals surface area contributed by atoms with Gasteiger partial charge in [0.2, 0.25) is 0 Å². The largest absolute Gasteiger partial charge is 0.449 e. The van der Waals surface area contributed by atoms with E-state index in [-0.39, 0.29) is 5.91 Å². The second-order valence-electron chi connectivity index (χ2n) is 6.98. The lowest BCUT2D eigenvalue weighted by atomic mass is 10.1.